The van der Waals surface area contributed by atoms with Gasteiger partial charge in [0.1, 0.15) is 11.9 Å². The highest BCUT2D eigenvalue weighted by Crippen LogP contribution is 2.14. The van der Waals surface area contributed by atoms with Crippen molar-refractivity contribution in [1.29, 1.82) is 0 Å². The third-order valence-corrected chi connectivity index (χ3v) is 4.25. The van der Waals surface area contributed by atoms with Crippen LogP contribution in [0.3, 0.4) is 0 Å². The van der Waals surface area contributed by atoms with Crippen LogP contribution in [0.4, 0.5) is 5.82 Å². The van der Waals surface area contributed by atoms with Crippen molar-refractivity contribution in [3.05, 3.63) is 36.4 Å². The zero-order valence-electron chi connectivity index (χ0n) is 14.5. The van der Waals surface area contributed by atoms with Crippen LogP contribution in [-0.2, 0) is 14.3 Å². The van der Waals surface area contributed by atoms with Crippen LogP contribution in [0.15, 0.2) is 36.4 Å². The summed E-state index contributed by atoms with van der Waals surface area (Å²) in [5.74, 6) is 0.696. The molecule has 1 saturated heterocycles. The number of amides is 1. The Labute approximate surface area is 147 Å². The minimum Gasteiger partial charge on any atom is -0.376 e. The Bertz CT molecular complexity index is 701. The Morgan fingerprint density at radius 3 is 3.04 bits per heavy atom. The van der Waals surface area contributed by atoms with E-state index >= 15 is 0 Å². The lowest BCUT2D eigenvalue weighted by Crippen LogP contribution is -2.38. The molecule has 6 heteroatoms. The summed E-state index contributed by atoms with van der Waals surface area (Å²) < 4.78 is 11.1. The SMILES string of the molecule is C[C@H](OC[C@@H]1CCCO1)C(=O)NCCNc1ccc2ccccc2n1. The van der Waals surface area contributed by atoms with Crippen LogP contribution in [-0.4, -0.2) is 49.4 Å². The third-order valence-electron chi connectivity index (χ3n) is 4.25. The summed E-state index contributed by atoms with van der Waals surface area (Å²) in [4.78, 5) is 16.6. The van der Waals surface area contributed by atoms with Crippen molar-refractivity contribution < 1.29 is 14.3 Å². The van der Waals surface area contributed by atoms with Gasteiger partial charge in [0, 0.05) is 25.1 Å². The van der Waals surface area contributed by atoms with E-state index in [0.29, 0.717) is 19.7 Å². The van der Waals surface area contributed by atoms with Gasteiger partial charge < -0.3 is 20.1 Å². The number of nitrogens with zero attached hydrogens (tertiary/aromatic N) is 1. The number of hydrogen-bond donors (Lipinski definition) is 2. The van der Waals surface area contributed by atoms with E-state index in [4.69, 9.17) is 9.47 Å². The molecule has 2 atom stereocenters. The second-order valence-electron chi connectivity index (χ2n) is 6.22. The van der Waals surface area contributed by atoms with E-state index in [2.05, 4.69) is 15.6 Å². The topological polar surface area (TPSA) is 72.5 Å². The fraction of sp³-hybridized carbons (Fsp3) is 0.474. The average molecular weight is 343 g/mol. The van der Waals surface area contributed by atoms with Crippen molar-refractivity contribution in [2.75, 3.05) is 31.6 Å². The molecule has 3 rings (SSSR count). The number of pyridine rings is 1. The number of carbonyl (C=O) groups excluding carboxylic acids is 1. The first-order valence-electron chi connectivity index (χ1n) is 8.83. The third kappa shape index (κ3) is 5.14. The van der Waals surface area contributed by atoms with Gasteiger partial charge in [0.2, 0.25) is 5.91 Å². The van der Waals surface area contributed by atoms with Crippen LogP contribution in [0.25, 0.3) is 10.9 Å². The van der Waals surface area contributed by atoms with Crippen LogP contribution in [0.2, 0.25) is 0 Å². The smallest absolute Gasteiger partial charge is 0.248 e. The van der Waals surface area contributed by atoms with E-state index in [0.717, 1.165) is 36.2 Å². The Hall–Kier alpha value is -2.18. The van der Waals surface area contributed by atoms with E-state index in [1.807, 2.05) is 36.4 Å². The lowest BCUT2D eigenvalue weighted by molar-refractivity contribution is -0.133. The van der Waals surface area contributed by atoms with E-state index in [9.17, 15) is 4.79 Å². The number of ether oxygens (including phenoxy) is 2. The molecule has 2 aromatic rings. The number of aromatic nitrogens is 1. The van der Waals surface area contributed by atoms with E-state index in [1.54, 1.807) is 6.92 Å². The summed E-state index contributed by atoms with van der Waals surface area (Å²) in [5.41, 5.74) is 0.952. The molecule has 1 aromatic carbocycles. The first-order valence-corrected chi connectivity index (χ1v) is 8.83. The van der Waals surface area contributed by atoms with Crippen LogP contribution in [0.1, 0.15) is 19.8 Å². The van der Waals surface area contributed by atoms with Crippen molar-refractivity contribution in [1.82, 2.24) is 10.3 Å². The van der Waals surface area contributed by atoms with Crippen LogP contribution in [0, 0.1) is 0 Å². The summed E-state index contributed by atoms with van der Waals surface area (Å²) in [5, 5.41) is 7.20. The first-order chi connectivity index (χ1) is 12.2. The Kier molecular flexibility index (Phi) is 6.19. The van der Waals surface area contributed by atoms with Gasteiger partial charge in [-0.05, 0) is 38.0 Å². The number of anilines is 1. The van der Waals surface area contributed by atoms with Gasteiger partial charge in [0.15, 0.2) is 0 Å². The maximum atomic E-state index is 12.0. The molecule has 2 heterocycles. The van der Waals surface area contributed by atoms with Gasteiger partial charge in [-0.15, -0.1) is 0 Å². The number of fused-ring (bicyclic) bond motifs is 1. The second-order valence-corrected chi connectivity index (χ2v) is 6.22. The van der Waals surface area contributed by atoms with Crippen molar-refractivity contribution in [3.8, 4) is 0 Å². The molecule has 6 nitrogen and oxygen atoms in total. The van der Waals surface area contributed by atoms with Crippen molar-refractivity contribution in [2.45, 2.75) is 32.0 Å². The second kappa shape index (κ2) is 8.78. The van der Waals surface area contributed by atoms with Crippen LogP contribution in [0.5, 0.6) is 0 Å². The number of carbonyl (C=O) groups is 1. The molecule has 1 aromatic heterocycles. The number of benzene rings is 1. The predicted octanol–water partition coefficient (Wildman–Crippen LogP) is 2.35. The Morgan fingerprint density at radius 2 is 2.20 bits per heavy atom. The van der Waals surface area contributed by atoms with Gasteiger partial charge in [-0.2, -0.15) is 0 Å². The highest BCUT2D eigenvalue weighted by molar-refractivity contribution is 5.80. The molecule has 0 unspecified atom stereocenters. The number of rotatable bonds is 8. The first kappa shape index (κ1) is 17.6. The summed E-state index contributed by atoms with van der Waals surface area (Å²) in [6.45, 7) is 4.16. The van der Waals surface area contributed by atoms with Crippen molar-refractivity contribution in [2.24, 2.45) is 0 Å². The van der Waals surface area contributed by atoms with E-state index in [1.165, 1.54) is 0 Å². The normalized spacial score (nSPS) is 18.2. The van der Waals surface area contributed by atoms with Crippen molar-refractivity contribution in [3.63, 3.8) is 0 Å². The predicted molar refractivity (Wildman–Crippen MR) is 97.6 cm³/mol. The molecule has 1 aliphatic rings. The molecule has 1 fully saturated rings. The zero-order chi connectivity index (χ0) is 17.5. The highest BCUT2D eigenvalue weighted by atomic mass is 16.5. The lowest BCUT2D eigenvalue weighted by atomic mass is 10.2. The van der Waals surface area contributed by atoms with Gasteiger partial charge >= 0.3 is 0 Å². The van der Waals surface area contributed by atoms with Gasteiger partial charge in [-0.3, -0.25) is 4.79 Å². The number of para-hydroxylation sites is 1. The van der Waals surface area contributed by atoms with Crippen LogP contribution >= 0.6 is 0 Å². The van der Waals surface area contributed by atoms with Crippen molar-refractivity contribution >= 4 is 22.6 Å². The maximum Gasteiger partial charge on any atom is 0.248 e. The van der Waals surface area contributed by atoms with Gasteiger partial charge in [-0.25, -0.2) is 4.98 Å². The fourth-order valence-electron chi connectivity index (χ4n) is 2.79. The summed E-state index contributed by atoms with van der Waals surface area (Å²) >= 11 is 0. The maximum absolute atomic E-state index is 12.0. The minimum absolute atomic E-state index is 0.105. The van der Waals surface area contributed by atoms with Gasteiger partial charge in [0.25, 0.3) is 0 Å². The minimum atomic E-state index is -0.469. The molecule has 0 radical (unpaired) electrons. The standard InChI is InChI=1S/C19H25N3O3/c1-14(25-13-16-6-4-12-24-16)19(23)21-11-10-20-18-9-8-15-5-2-3-7-17(15)22-18/h2-3,5,7-9,14,16H,4,6,10-13H2,1H3,(H,20,22)(H,21,23)/t14-,16-/m0/s1. The molecular weight excluding hydrogens is 318 g/mol. The average Bonchev–Trinajstić information content (AvgIpc) is 3.16. The zero-order valence-corrected chi connectivity index (χ0v) is 14.5. The fourth-order valence-corrected chi connectivity index (χ4v) is 2.79. The van der Waals surface area contributed by atoms with Gasteiger partial charge in [0.05, 0.1) is 18.2 Å². The largest absolute Gasteiger partial charge is 0.376 e. The molecule has 2 N–H and O–H groups in total. The number of hydrogen-bond acceptors (Lipinski definition) is 5. The Morgan fingerprint density at radius 1 is 1.32 bits per heavy atom. The summed E-state index contributed by atoms with van der Waals surface area (Å²) in [6.07, 6.45) is 1.75. The monoisotopic (exact) mass is 343 g/mol. The molecule has 134 valence electrons. The molecule has 25 heavy (non-hydrogen) atoms. The molecule has 1 aliphatic heterocycles. The molecule has 0 aliphatic carbocycles. The molecule has 0 bridgehead atoms. The molecule has 1 amide bonds. The van der Waals surface area contributed by atoms with E-state index in [-0.39, 0.29) is 12.0 Å². The Balaban J connectivity index is 1.35. The molecular formula is C19H25N3O3. The lowest BCUT2D eigenvalue weighted by Gasteiger charge is -2.16. The molecule has 0 saturated carbocycles. The number of nitrogens with one attached hydrogen (secondary N) is 2. The summed E-state index contributed by atoms with van der Waals surface area (Å²) in [6, 6.07) is 12.0. The molecule has 0 spiro atoms. The van der Waals surface area contributed by atoms with Crippen LogP contribution < -0.4 is 10.6 Å². The van der Waals surface area contributed by atoms with Gasteiger partial charge in [-0.1, -0.05) is 18.2 Å². The highest BCUT2D eigenvalue weighted by Gasteiger charge is 2.19. The van der Waals surface area contributed by atoms with E-state index < -0.39 is 6.10 Å². The quantitative estimate of drug-likeness (QED) is 0.720. The summed E-state index contributed by atoms with van der Waals surface area (Å²) in [7, 11) is 0.